The molecule has 20 heavy (non-hydrogen) atoms. The molecule has 4 aromatic rings. The minimum absolute atomic E-state index is 0.187. The van der Waals surface area contributed by atoms with E-state index >= 15 is 0 Å². The number of benzene rings is 3. The summed E-state index contributed by atoms with van der Waals surface area (Å²) in [7, 11) is 0. The molecule has 0 unspecified atom stereocenters. The molecule has 1 heterocycles. The summed E-state index contributed by atoms with van der Waals surface area (Å²) >= 11 is 0. The van der Waals surface area contributed by atoms with Gasteiger partial charge in [-0.05, 0) is 12.1 Å². The fourth-order valence-corrected chi connectivity index (χ4v) is 2.68. The van der Waals surface area contributed by atoms with Crippen molar-refractivity contribution in [2.45, 2.75) is 0 Å². The van der Waals surface area contributed by atoms with Crippen LogP contribution in [-0.4, -0.2) is 5.11 Å². The summed E-state index contributed by atoms with van der Waals surface area (Å²) in [4.78, 5) is 12.1. The van der Waals surface area contributed by atoms with Crippen LogP contribution in [0.1, 0.15) is 0 Å². The first-order valence-electron chi connectivity index (χ1n) is 6.32. The van der Waals surface area contributed by atoms with Gasteiger partial charge in [0, 0.05) is 21.5 Å². The number of phenols is 1. The molecule has 0 radical (unpaired) electrons. The molecule has 0 atom stereocenters. The maximum absolute atomic E-state index is 12.1. The lowest BCUT2D eigenvalue weighted by Gasteiger charge is -2.07. The fraction of sp³-hybridized carbons (Fsp3) is 0. The second-order valence-corrected chi connectivity index (χ2v) is 4.75. The molecule has 3 heteroatoms. The van der Waals surface area contributed by atoms with Gasteiger partial charge in [-0.1, -0.05) is 42.5 Å². The molecule has 0 bridgehead atoms. The number of fused-ring (bicyclic) bond motifs is 5. The Hall–Kier alpha value is -2.81. The van der Waals surface area contributed by atoms with Crippen LogP contribution in [0.15, 0.2) is 63.8 Å². The molecule has 0 spiro atoms. The quantitative estimate of drug-likeness (QED) is 0.387. The van der Waals surface area contributed by atoms with Crippen molar-refractivity contribution in [2.24, 2.45) is 0 Å². The van der Waals surface area contributed by atoms with E-state index in [1.807, 2.05) is 30.3 Å². The predicted molar refractivity (Wildman–Crippen MR) is 79.2 cm³/mol. The molecule has 1 aromatic heterocycles. The molecular formula is C17H10O3. The van der Waals surface area contributed by atoms with E-state index < -0.39 is 0 Å². The molecule has 4 rings (SSSR count). The van der Waals surface area contributed by atoms with Gasteiger partial charge in [-0.25, -0.2) is 4.79 Å². The zero-order chi connectivity index (χ0) is 13.7. The van der Waals surface area contributed by atoms with Crippen LogP contribution >= 0.6 is 0 Å². The van der Waals surface area contributed by atoms with Crippen LogP contribution in [0.2, 0.25) is 0 Å². The van der Waals surface area contributed by atoms with Crippen LogP contribution < -0.4 is 5.63 Å². The highest BCUT2D eigenvalue weighted by atomic mass is 16.4. The second kappa shape index (κ2) is 3.84. The molecule has 0 aliphatic heterocycles. The lowest BCUT2D eigenvalue weighted by molar-refractivity contribution is 0.482. The van der Waals surface area contributed by atoms with E-state index in [0.29, 0.717) is 16.4 Å². The smallest absolute Gasteiger partial charge is 0.344 e. The zero-order valence-corrected chi connectivity index (χ0v) is 10.5. The standard InChI is InChI=1S/C17H10O3/c18-15-9-14-10-5-1-4-8-13(10)17(19)20-16(14)12-7-3-2-6-11(12)15/h1-9,18H. The van der Waals surface area contributed by atoms with E-state index in [4.69, 9.17) is 4.42 Å². The molecule has 0 amide bonds. The maximum atomic E-state index is 12.1. The number of rotatable bonds is 0. The molecule has 0 saturated carbocycles. The third-order valence-corrected chi connectivity index (χ3v) is 3.61. The van der Waals surface area contributed by atoms with Crippen LogP contribution in [0.3, 0.4) is 0 Å². The summed E-state index contributed by atoms with van der Waals surface area (Å²) in [5.74, 6) is 0.187. The van der Waals surface area contributed by atoms with Crippen molar-refractivity contribution in [1.82, 2.24) is 0 Å². The highest BCUT2D eigenvalue weighted by molar-refractivity contribution is 6.15. The minimum atomic E-state index is -0.357. The normalized spacial score (nSPS) is 11.4. The van der Waals surface area contributed by atoms with Crippen molar-refractivity contribution in [3.8, 4) is 5.75 Å². The first-order chi connectivity index (χ1) is 9.75. The number of phenolic OH excluding ortho intramolecular Hbond substituents is 1. The molecular weight excluding hydrogens is 252 g/mol. The number of aromatic hydroxyl groups is 1. The summed E-state index contributed by atoms with van der Waals surface area (Å²) in [5, 5.41) is 13.7. The first kappa shape index (κ1) is 11.1. The van der Waals surface area contributed by atoms with Gasteiger partial charge in [0.2, 0.25) is 0 Å². The minimum Gasteiger partial charge on any atom is -0.507 e. The summed E-state index contributed by atoms with van der Waals surface area (Å²) in [6.07, 6.45) is 0. The number of hydrogen-bond donors (Lipinski definition) is 1. The van der Waals surface area contributed by atoms with Gasteiger partial charge in [-0.15, -0.1) is 0 Å². The lowest BCUT2D eigenvalue weighted by Crippen LogP contribution is -1.99. The van der Waals surface area contributed by atoms with Crippen molar-refractivity contribution in [1.29, 1.82) is 0 Å². The van der Waals surface area contributed by atoms with Crippen LogP contribution in [0.5, 0.6) is 5.75 Å². The van der Waals surface area contributed by atoms with Crippen molar-refractivity contribution in [3.05, 3.63) is 65.0 Å². The Balaban J connectivity index is 2.40. The molecule has 0 aliphatic rings. The van der Waals surface area contributed by atoms with Crippen molar-refractivity contribution < 1.29 is 9.52 Å². The van der Waals surface area contributed by atoms with Crippen molar-refractivity contribution in [3.63, 3.8) is 0 Å². The molecule has 0 saturated heterocycles. The lowest BCUT2D eigenvalue weighted by atomic mass is 10.0. The van der Waals surface area contributed by atoms with E-state index in [0.717, 1.165) is 16.2 Å². The van der Waals surface area contributed by atoms with E-state index in [1.165, 1.54) is 0 Å². The zero-order valence-electron chi connectivity index (χ0n) is 10.5. The van der Waals surface area contributed by atoms with Gasteiger partial charge in [0.25, 0.3) is 0 Å². The largest absolute Gasteiger partial charge is 0.507 e. The summed E-state index contributed by atoms with van der Waals surface area (Å²) in [6, 6.07) is 16.3. The SMILES string of the molecule is O=c1oc2c3ccccc3c(O)cc2c2ccccc12. The number of hydrogen-bond acceptors (Lipinski definition) is 3. The topological polar surface area (TPSA) is 50.4 Å². The van der Waals surface area contributed by atoms with Crippen molar-refractivity contribution in [2.75, 3.05) is 0 Å². The average molecular weight is 262 g/mol. The van der Waals surface area contributed by atoms with Crippen molar-refractivity contribution >= 4 is 32.5 Å². The van der Waals surface area contributed by atoms with E-state index in [1.54, 1.807) is 24.3 Å². The van der Waals surface area contributed by atoms with Gasteiger partial charge < -0.3 is 9.52 Å². The Morgan fingerprint density at radius 1 is 0.750 bits per heavy atom. The molecule has 96 valence electrons. The van der Waals surface area contributed by atoms with Gasteiger partial charge in [-0.3, -0.25) is 0 Å². The van der Waals surface area contributed by atoms with Gasteiger partial charge in [-0.2, -0.15) is 0 Å². The summed E-state index contributed by atoms with van der Waals surface area (Å²) in [6.45, 7) is 0. The van der Waals surface area contributed by atoms with Gasteiger partial charge >= 0.3 is 5.63 Å². The van der Waals surface area contributed by atoms with Crippen LogP contribution in [-0.2, 0) is 0 Å². The first-order valence-corrected chi connectivity index (χ1v) is 6.32. The molecule has 0 aliphatic carbocycles. The average Bonchev–Trinajstić information content (AvgIpc) is 2.49. The van der Waals surface area contributed by atoms with Crippen LogP contribution in [0.4, 0.5) is 0 Å². The predicted octanol–water partition coefficient (Wildman–Crippen LogP) is 3.81. The highest BCUT2D eigenvalue weighted by Crippen LogP contribution is 2.34. The van der Waals surface area contributed by atoms with Gasteiger partial charge in [0.05, 0.1) is 5.39 Å². The Kier molecular flexibility index (Phi) is 2.12. The third-order valence-electron chi connectivity index (χ3n) is 3.61. The van der Waals surface area contributed by atoms with Crippen LogP contribution in [0, 0.1) is 0 Å². The molecule has 0 fully saturated rings. The summed E-state index contributed by atoms with van der Waals surface area (Å²) < 4.78 is 5.48. The Morgan fingerprint density at radius 3 is 2.10 bits per heavy atom. The van der Waals surface area contributed by atoms with Gasteiger partial charge in [0.15, 0.2) is 0 Å². The van der Waals surface area contributed by atoms with Gasteiger partial charge in [0.1, 0.15) is 11.3 Å². The fourth-order valence-electron chi connectivity index (χ4n) is 2.68. The maximum Gasteiger partial charge on any atom is 0.344 e. The Morgan fingerprint density at radius 2 is 1.35 bits per heavy atom. The monoisotopic (exact) mass is 262 g/mol. The Labute approximate surface area is 113 Å². The van der Waals surface area contributed by atoms with E-state index in [9.17, 15) is 9.90 Å². The third kappa shape index (κ3) is 1.37. The second-order valence-electron chi connectivity index (χ2n) is 4.75. The Bertz CT molecular complexity index is 1030. The molecule has 3 nitrogen and oxygen atoms in total. The van der Waals surface area contributed by atoms with E-state index in [-0.39, 0.29) is 11.4 Å². The van der Waals surface area contributed by atoms with E-state index in [2.05, 4.69) is 0 Å². The molecule has 3 aromatic carbocycles. The summed E-state index contributed by atoms with van der Waals surface area (Å²) in [5.41, 5.74) is 0.158. The molecule has 1 N–H and O–H groups in total. The van der Waals surface area contributed by atoms with Crippen LogP contribution in [0.25, 0.3) is 32.5 Å². The highest BCUT2D eigenvalue weighted by Gasteiger charge is 2.12.